The van der Waals surface area contributed by atoms with Crippen LogP contribution in [0.2, 0.25) is 0 Å². The van der Waals surface area contributed by atoms with Crippen molar-refractivity contribution in [2.75, 3.05) is 6.54 Å². The Morgan fingerprint density at radius 2 is 1.91 bits per heavy atom. The number of carboxylic acids is 2. The molecule has 0 spiro atoms. The van der Waals surface area contributed by atoms with Crippen LogP contribution >= 0.6 is 0 Å². The monoisotopic (exact) mass is 301 g/mol. The molecule has 0 saturated carbocycles. The van der Waals surface area contributed by atoms with Crippen LogP contribution in [0.4, 0.5) is 0 Å². The summed E-state index contributed by atoms with van der Waals surface area (Å²) in [6, 6.07) is 9.72. The van der Waals surface area contributed by atoms with E-state index >= 15 is 0 Å². The highest BCUT2D eigenvalue weighted by Gasteiger charge is 2.45. The molecule has 1 aliphatic carbocycles. The van der Waals surface area contributed by atoms with E-state index in [1.165, 1.54) is 18.2 Å². The van der Waals surface area contributed by atoms with E-state index in [0.717, 1.165) is 5.56 Å². The Morgan fingerprint density at radius 1 is 1.23 bits per heavy atom. The Labute approximate surface area is 129 Å². The Balaban J connectivity index is 2.13. The normalized spacial score (nSPS) is 23.9. The number of aliphatic carboxylic acids is 2. The van der Waals surface area contributed by atoms with Gasteiger partial charge >= 0.3 is 11.9 Å². The van der Waals surface area contributed by atoms with Crippen molar-refractivity contribution in [1.29, 1.82) is 0 Å². The van der Waals surface area contributed by atoms with Crippen LogP contribution in [0, 0.1) is 5.92 Å². The second kappa shape index (κ2) is 6.58. The van der Waals surface area contributed by atoms with Crippen molar-refractivity contribution in [3.05, 3.63) is 59.7 Å². The molecule has 1 aromatic rings. The molecule has 1 aliphatic rings. The molecular weight excluding hydrogens is 282 g/mol. The fourth-order valence-electron chi connectivity index (χ4n) is 2.70. The number of carboxylic acid groups (broad SMARTS) is 2. The predicted molar refractivity (Wildman–Crippen MR) is 82.5 cm³/mol. The van der Waals surface area contributed by atoms with Crippen LogP contribution in [0.3, 0.4) is 0 Å². The van der Waals surface area contributed by atoms with E-state index in [-0.39, 0.29) is 5.57 Å². The van der Waals surface area contributed by atoms with E-state index in [1.807, 2.05) is 30.3 Å². The van der Waals surface area contributed by atoms with Gasteiger partial charge in [-0.3, -0.25) is 5.32 Å². The Kier molecular flexibility index (Phi) is 4.78. The molecule has 5 nitrogen and oxygen atoms in total. The number of benzene rings is 1. The average molecular weight is 301 g/mol. The van der Waals surface area contributed by atoms with Gasteiger partial charge in [-0.1, -0.05) is 55.5 Å². The zero-order valence-corrected chi connectivity index (χ0v) is 12.3. The van der Waals surface area contributed by atoms with Gasteiger partial charge in [0, 0.05) is 18.0 Å². The van der Waals surface area contributed by atoms with Gasteiger partial charge in [0.25, 0.3) is 0 Å². The molecule has 0 aromatic heterocycles. The molecule has 1 aromatic carbocycles. The summed E-state index contributed by atoms with van der Waals surface area (Å²) in [6.07, 6.45) is 5.14. The van der Waals surface area contributed by atoms with Crippen molar-refractivity contribution in [2.24, 2.45) is 5.92 Å². The molecular formula is C17H19NO4. The lowest BCUT2D eigenvalue weighted by Gasteiger charge is -2.35. The van der Waals surface area contributed by atoms with Crippen LogP contribution in [0.1, 0.15) is 12.5 Å². The third-order valence-electron chi connectivity index (χ3n) is 4.06. The number of nitrogens with one attached hydrogen (secondary N) is 1. The van der Waals surface area contributed by atoms with Gasteiger partial charge in [-0.2, -0.15) is 0 Å². The fourth-order valence-corrected chi connectivity index (χ4v) is 2.70. The summed E-state index contributed by atoms with van der Waals surface area (Å²) >= 11 is 0. The van der Waals surface area contributed by atoms with Gasteiger partial charge in [0.1, 0.15) is 5.54 Å². The van der Waals surface area contributed by atoms with Crippen LogP contribution < -0.4 is 5.32 Å². The number of allylic oxidation sites excluding steroid dienone is 2. The van der Waals surface area contributed by atoms with E-state index in [9.17, 15) is 19.8 Å². The van der Waals surface area contributed by atoms with Crippen LogP contribution in [-0.4, -0.2) is 34.2 Å². The molecule has 116 valence electrons. The summed E-state index contributed by atoms with van der Waals surface area (Å²) in [5.41, 5.74) is -0.203. The highest BCUT2D eigenvalue weighted by molar-refractivity contribution is 5.92. The molecule has 0 bridgehead atoms. The van der Waals surface area contributed by atoms with E-state index in [4.69, 9.17) is 0 Å². The molecule has 0 saturated heterocycles. The summed E-state index contributed by atoms with van der Waals surface area (Å²) < 4.78 is 0. The average Bonchev–Trinajstić information content (AvgIpc) is 2.49. The molecule has 0 heterocycles. The standard InChI is InChI=1S/C17H19NO4/c1-12-14(15(19)20)8-5-10-17(12,16(21)22)18-11-9-13-6-3-2-4-7-13/h2-8,10,12,18H,9,11H2,1H3,(H,19,20)(H,21,22). The van der Waals surface area contributed by atoms with Crippen molar-refractivity contribution in [1.82, 2.24) is 5.32 Å². The first-order chi connectivity index (χ1) is 10.5. The maximum Gasteiger partial charge on any atom is 0.331 e. The molecule has 2 atom stereocenters. The molecule has 2 rings (SSSR count). The van der Waals surface area contributed by atoms with Gasteiger partial charge < -0.3 is 10.2 Å². The molecule has 22 heavy (non-hydrogen) atoms. The van der Waals surface area contributed by atoms with Gasteiger partial charge in [0.2, 0.25) is 0 Å². The number of carbonyl (C=O) groups is 2. The van der Waals surface area contributed by atoms with Crippen LogP contribution in [0.15, 0.2) is 54.1 Å². The van der Waals surface area contributed by atoms with Crippen molar-refractivity contribution >= 4 is 11.9 Å². The molecule has 0 radical (unpaired) electrons. The molecule has 0 aliphatic heterocycles. The quantitative estimate of drug-likeness (QED) is 0.746. The third-order valence-corrected chi connectivity index (χ3v) is 4.06. The Morgan fingerprint density at radius 3 is 2.50 bits per heavy atom. The lowest BCUT2D eigenvalue weighted by Crippen LogP contribution is -2.57. The van der Waals surface area contributed by atoms with Crippen molar-refractivity contribution in [2.45, 2.75) is 18.9 Å². The van der Waals surface area contributed by atoms with E-state index in [2.05, 4.69) is 5.32 Å². The smallest absolute Gasteiger partial charge is 0.331 e. The minimum atomic E-state index is -1.39. The first-order valence-electron chi connectivity index (χ1n) is 7.12. The topological polar surface area (TPSA) is 86.6 Å². The van der Waals surface area contributed by atoms with Gasteiger partial charge in [-0.05, 0) is 12.0 Å². The second-order valence-corrected chi connectivity index (χ2v) is 5.34. The van der Waals surface area contributed by atoms with Crippen molar-refractivity contribution < 1.29 is 19.8 Å². The minimum Gasteiger partial charge on any atom is -0.480 e. The summed E-state index contributed by atoms with van der Waals surface area (Å²) in [7, 11) is 0. The molecule has 0 fully saturated rings. The number of rotatable bonds is 6. The molecule has 3 N–H and O–H groups in total. The number of hydrogen-bond acceptors (Lipinski definition) is 3. The summed E-state index contributed by atoms with van der Waals surface area (Å²) in [5, 5.41) is 21.9. The first-order valence-corrected chi connectivity index (χ1v) is 7.12. The summed E-state index contributed by atoms with van der Waals surface area (Å²) in [5.74, 6) is -2.83. The highest BCUT2D eigenvalue weighted by atomic mass is 16.4. The van der Waals surface area contributed by atoms with Crippen LogP contribution in [-0.2, 0) is 16.0 Å². The zero-order valence-electron chi connectivity index (χ0n) is 12.3. The maximum atomic E-state index is 11.8. The third kappa shape index (κ3) is 3.09. The van der Waals surface area contributed by atoms with Crippen LogP contribution in [0.25, 0.3) is 0 Å². The fraction of sp³-hybridized carbons (Fsp3) is 0.294. The largest absolute Gasteiger partial charge is 0.480 e. The van der Waals surface area contributed by atoms with Crippen molar-refractivity contribution in [3.63, 3.8) is 0 Å². The van der Waals surface area contributed by atoms with Gasteiger partial charge in [-0.15, -0.1) is 0 Å². The number of hydrogen-bond donors (Lipinski definition) is 3. The van der Waals surface area contributed by atoms with E-state index in [0.29, 0.717) is 13.0 Å². The first kappa shape index (κ1) is 16.0. The summed E-state index contributed by atoms with van der Waals surface area (Å²) in [6.45, 7) is 2.06. The van der Waals surface area contributed by atoms with Gasteiger partial charge in [0.15, 0.2) is 0 Å². The minimum absolute atomic E-state index is 0.0945. The van der Waals surface area contributed by atoms with Crippen molar-refractivity contribution in [3.8, 4) is 0 Å². The lowest BCUT2D eigenvalue weighted by atomic mass is 9.76. The van der Waals surface area contributed by atoms with Crippen LogP contribution in [0.5, 0.6) is 0 Å². The Hall–Kier alpha value is -2.40. The van der Waals surface area contributed by atoms with E-state index < -0.39 is 23.4 Å². The zero-order chi connectivity index (χ0) is 16.2. The maximum absolute atomic E-state index is 11.8. The second-order valence-electron chi connectivity index (χ2n) is 5.34. The lowest BCUT2D eigenvalue weighted by molar-refractivity contribution is -0.144. The molecule has 0 amide bonds. The predicted octanol–water partition coefficient (Wildman–Crippen LogP) is 1.86. The molecule has 2 unspecified atom stereocenters. The molecule has 5 heteroatoms. The SMILES string of the molecule is CC1C(C(=O)O)=CC=CC1(NCCc1ccccc1)C(=O)O. The van der Waals surface area contributed by atoms with Gasteiger partial charge in [0.05, 0.1) is 0 Å². The summed E-state index contributed by atoms with van der Waals surface area (Å²) in [4.78, 5) is 23.0. The Bertz CT molecular complexity index is 621. The highest BCUT2D eigenvalue weighted by Crippen LogP contribution is 2.30. The van der Waals surface area contributed by atoms with E-state index in [1.54, 1.807) is 6.92 Å². The van der Waals surface area contributed by atoms with Gasteiger partial charge in [-0.25, -0.2) is 9.59 Å².